The highest BCUT2D eigenvalue weighted by atomic mass is 15.3. The highest BCUT2D eigenvalue weighted by Crippen LogP contribution is 2.08. The highest BCUT2D eigenvalue weighted by Gasteiger charge is 2.04. The Morgan fingerprint density at radius 2 is 2.16 bits per heavy atom. The average molecular weight is 265 g/mol. The van der Waals surface area contributed by atoms with Gasteiger partial charge in [-0.25, -0.2) is 4.99 Å². The molecule has 0 aliphatic heterocycles. The van der Waals surface area contributed by atoms with Crippen LogP contribution >= 0.6 is 0 Å². The van der Waals surface area contributed by atoms with E-state index in [-0.39, 0.29) is 0 Å². The van der Waals surface area contributed by atoms with Gasteiger partial charge in [-0.2, -0.15) is 5.10 Å². The van der Waals surface area contributed by atoms with Crippen LogP contribution in [0.2, 0.25) is 0 Å². The standard InChI is InChI=1S/C14H27N5/c1-11(2)6-5-7-12(3)18-14(15)16-10-13-8-9-17-19(13)4/h8-9,11-12H,5-7,10H2,1-4H3,(H3,15,16,18). The van der Waals surface area contributed by atoms with Crippen molar-refractivity contribution in [3.8, 4) is 0 Å². The second-order valence-electron chi connectivity index (χ2n) is 5.52. The summed E-state index contributed by atoms with van der Waals surface area (Å²) in [4.78, 5) is 4.33. The third kappa shape index (κ3) is 6.27. The summed E-state index contributed by atoms with van der Waals surface area (Å²) >= 11 is 0. The van der Waals surface area contributed by atoms with Crippen LogP contribution in [0.5, 0.6) is 0 Å². The third-order valence-corrected chi connectivity index (χ3v) is 3.15. The molecule has 1 atom stereocenters. The first-order valence-corrected chi connectivity index (χ1v) is 7.02. The molecule has 1 heterocycles. The van der Waals surface area contributed by atoms with E-state index in [1.54, 1.807) is 6.20 Å². The molecule has 5 heteroatoms. The molecule has 0 aromatic carbocycles. The summed E-state index contributed by atoms with van der Waals surface area (Å²) in [5.74, 6) is 1.28. The van der Waals surface area contributed by atoms with E-state index in [4.69, 9.17) is 5.73 Å². The molecule has 3 N–H and O–H groups in total. The van der Waals surface area contributed by atoms with Crippen molar-refractivity contribution in [2.45, 2.75) is 52.6 Å². The molecule has 0 radical (unpaired) electrons. The minimum absolute atomic E-state index is 0.369. The van der Waals surface area contributed by atoms with Crippen LogP contribution in [-0.2, 0) is 13.6 Å². The fourth-order valence-corrected chi connectivity index (χ4v) is 1.93. The van der Waals surface area contributed by atoms with E-state index in [0.717, 1.165) is 18.0 Å². The molecule has 1 aromatic rings. The van der Waals surface area contributed by atoms with Crippen molar-refractivity contribution in [3.63, 3.8) is 0 Å². The molecule has 0 spiro atoms. The quantitative estimate of drug-likeness (QED) is 0.585. The first-order valence-electron chi connectivity index (χ1n) is 7.02. The zero-order valence-corrected chi connectivity index (χ0v) is 12.6. The summed E-state index contributed by atoms with van der Waals surface area (Å²) in [7, 11) is 1.91. The molecule has 0 aliphatic rings. The number of hydrogen-bond donors (Lipinski definition) is 2. The van der Waals surface area contributed by atoms with E-state index in [1.807, 2.05) is 17.8 Å². The summed E-state index contributed by atoms with van der Waals surface area (Å²) in [5.41, 5.74) is 6.94. The largest absolute Gasteiger partial charge is 0.370 e. The molecule has 0 aliphatic carbocycles. The van der Waals surface area contributed by atoms with Gasteiger partial charge in [-0.1, -0.05) is 26.7 Å². The van der Waals surface area contributed by atoms with Gasteiger partial charge in [0, 0.05) is 19.3 Å². The van der Waals surface area contributed by atoms with Crippen LogP contribution in [0.3, 0.4) is 0 Å². The SMILES string of the molecule is CC(C)CCCC(C)NC(N)=NCc1ccnn1C. The van der Waals surface area contributed by atoms with Gasteiger partial charge in [0.1, 0.15) is 0 Å². The lowest BCUT2D eigenvalue weighted by molar-refractivity contribution is 0.493. The van der Waals surface area contributed by atoms with Crippen LogP contribution < -0.4 is 11.1 Å². The van der Waals surface area contributed by atoms with E-state index < -0.39 is 0 Å². The van der Waals surface area contributed by atoms with Crippen LogP contribution in [-0.4, -0.2) is 21.8 Å². The number of hydrogen-bond acceptors (Lipinski definition) is 2. The second kappa shape index (κ2) is 7.81. The van der Waals surface area contributed by atoms with Crippen LogP contribution in [0.15, 0.2) is 17.3 Å². The number of aromatic nitrogens is 2. The van der Waals surface area contributed by atoms with Crippen molar-refractivity contribution < 1.29 is 0 Å². The Morgan fingerprint density at radius 1 is 1.42 bits per heavy atom. The van der Waals surface area contributed by atoms with Crippen LogP contribution in [0, 0.1) is 5.92 Å². The fraction of sp³-hybridized carbons (Fsp3) is 0.714. The summed E-state index contributed by atoms with van der Waals surface area (Å²) in [6, 6.07) is 2.32. The van der Waals surface area contributed by atoms with E-state index in [1.165, 1.54) is 12.8 Å². The molecular weight excluding hydrogens is 238 g/mol. The maximum atomic E-state index is 5.88. The molecule has 1 unspecified atom stereocenters. The molecule has 0 saturated carbocycles. The summed E-state index contributed by atoms with van der Waals surface area (Å²) in [5, 5.41) is 7.33. The number of aliphatic imine (C=N–C) groups is 1. The van der Waals surface area contributed by atoms with Crippen molar-refractivity contribution in [1.29, 1.82) is 0 Å². The molecule has 108 valence electrons. The molecule has 0 fully saturated rings. The van der Waals surface area contributed by atoms with Crippen molar-refractivity contribution in [1.82, 2.24) is 15.1 Å². The molecule has 1 rings (SSSR count). The number of nitrogens with two attached hydrogens (primary N) is 1. The van der Waals surface area contributed by atoms with Gasteiger partial charge in [0.2, 0.25) is 0 Å². The van der Waals surface area contributed by atoms with Crippen molar-refractivity contribution in [3.05, 3.63) is 18.0 Å². The lowest BCUT2D eigenvalue weighted by atomic mass is 10.0. The smallest absolute Gasteiger partial charge is 0.189 e. The minimum atomic E-state index is 0.369. The predicted molar refractivity (Wildman–Crippen MR) is 79.8 cm³/mol. The van der Waals surface area contributed by atoms with Crippen LogP contribution in [0.25, 0.3) is 0 Å². The van der Waals surface area contributed by atoms with Gasteiger partial charge in [-0.05, 0) is 25.3 Å². The number of nitrogens with one attached hydrogen (secondary N) is 1. The van der Waals surface area contributed by atoms with E-state index in [0.29, 0.717) is 18.5 Å². The summed E-state index contributed by atoms with van der Waals surface area (Å²) < 4.78 is 1.81. The molecule has 0 amide bonds. The molecule has 19 heavy (non-hydrogen) atoms. The van der Waals surface area contributed by atoms with Gasteiger partial charge in [0.05, 0.1) is 12.2 Å². The Morgan fingerprint density at radius 3 is 2.74 bits per heavy atom. The molecular formula is C14H27N5. The number of guanidine groups is 1. The lowest BCUT2D eigenvalue weighted by Gasteiger charge is -2.15. The van der Waals surface area contributed by atoms with E-state index >= 15 is 0 Å². The number of nitrogens with zero attached hydrogens (tertiary/aromatic N) is 3. The summed E-state index contributed by atoms with van der Waals surface area (Å²) in [6.07, 6.45) is 5.38. The van der Waals surface area contributed by atoms with E-state index in [9.17, 15) is 0 Å². The Balaban J connectivity index is 2.29. The van der Waals surface area contributed by atoms with Crippen LogP contribution in [0.1, 0.15) is 45.7 Å². The van der Waals surface area contributed by atoms with Crippen molar-refractivity contribution in [2.24, 2.45) is 23.7 Å². The van der Waals surface area contributed by atoms with Crippen molar-refractivity contribution >= 4 is 5.96 Å². The first-order chi connectivity index (χ1) is 8.99. The van der Waals surface area contributed by atoms with Crippen LogP contribution in [0.4, 0.5) is 0 Å². The molecule has 1 aromatic heterocycles. The van der Waals surface area contributed by atoms with Gasteiger partial charge in [0.25, 0.3) is 0 Å². The Bertz CT molecular complexity index is 394. The van der Waals surface area contributed by atoms with Crippen molar-refractivity contribution in [2.75, 3.05) is 0 Å². The first kappa shape index (κ1) is 15.5. The highest BCUT2D eigenvalue weighted by molar-refractivity contribution is 5.78. The van der Waals surface area contributed by atoms with Gasteiger partial charge in [-0.15, -0.1) is 0 Å². The fourth-order valence-electron chi connectivity index (χ4n) is 1.93. The molecule has 0 bridgehead atoms. The topological polar surface area (TPSA) is 68.2 Å². The number of aryl methyl sites for hydroxylation is 1. The van der Waals surface area contributed by atoms with E-state index in [2.05, 4.69) is 36.2 Å². The van der Waals surface area contributed by atoms with Gasteiger partial charge < -0.3 is 11.1 Å². The zero-order valence-electron chi connectivity index (χ0n) is 12.6. The van der Waals surface area contributed by atoms with Gasteiger partial charge in [0.15, 0.2) is 5.96 Å². The maximum absolute atomic E-state index is 5.88. The normalized spacial score (nSPS) is 13.8. The Labute approximate surface area is 116 Å². The lowest BCUT2D eigenvalue weighted by Crippen LogP contribution is -2.38. The number of rotatable bonds is 7. The maximum Gasteiger partial charge on any atom is 0.189 e. The van der Waals surface area contributed by atoms with Gasteiger partial charge >= 0.3 is 0 Å². The minimum Gasteiger partial charge on any atom is -0.370 e. The Hall–Kier alpha value is -1.52. The average Bonchev–Trinajstić information content (AvgIpc) is 2.71. The molecule has 5 nitrogen and oxygen atoms in total. The summed E-state index contributed by atoms with van der Waals surface area (Å²) in [6.45, 7) is 7.21. The zero-order chi connectivity index (χ0) is 14.3. The predicted octanol–water partition coefficient (Wildman–Crippen LogP) is 2.04. The monoisotopic (exact) mass is 265 g/mol. The third-order valence-electron chi connectivity index (χ3n) is 3.15. The molecule has 0 saturated heterocycles. The second-order valence-corrected chi connectivity index (χ2v) is 5.52. The Kier molecular flexibility index (Phi) is 6.39. The van der Waals surface area contributed by atoms with Gasteiger partial charge in [-0.3, -0.25) is 4.68 Å².